The van der Waals surface area contributed by atoms with Crippen molar-refractivity contribution in [3.8, 4) is 0 Å². The molecule has 2 N–H and O–H groups in total. The molecular formula is C8H23NOSi2. The van der Waals surface area contributed by atoms with Crippen LogP contribution in [0.25, 0.3) is 0 Å². The van der Waals surface area contributed by atoms with E-state index in [0.29, 0.717) is 0 Å². The summed E-state index contributed by atoms with van der Waals surface area (Å²) in [6.07, 6.45) is 0. The third-order valence-corrected chi connectivity index (χ3v) is 18.7. The molecule has 0 aliphatic heterocycles. The Hall–Kier alpha value is 0.354. The van der Waals surface area contributed by atoms with Crippen molar-refractivity contribution in [3.63, 3.8) is 0 Å². The molecule has 0 saturated carbocycles. The van der Waals surface area contributed by atoms with Crippen LogP contribution in [0, 0.1) is 0 Å². The van der Waals surface area contributed by atoms with Gasteiger partial charge >= 0.3 is 0 Å². The van der Waals surface area contributed by atoms with Crippen molar-refractivity contribution in [2.75, 3.05) is 13.2 Å². The van der Waals surface area contributed by atoms with Crippen LogP contribution in [0.2, 0.25) is 32.2 Å². The summed E-state index contributed by atoms with van der Waals surface area (Å²) in [5, 5.41) is 0. The molecule has 0 aromatic rings. The van der Waals surface area contributed by atoms with Gasteiger partial charge in [-0.05, 0) is 26.1 Å². The van der Waals surface area contributed by atoms with E-state index in [9.17, 15) is 0 Å². The molecule has 1 atom stereocenters. The molecule has 1 unspecified atom stereocenters. The molecule has 4 heteroatoms. The lowest BCUT2D eigenvalue weighted by Crippen LogP contribution is -2.58. The molecule has 0 amide bonds. The maximum absolute atomic E-state index is 5.95. The molecule has 0 aromatic heterocycles. The summed E-state index contributed by atoms with van der Waals surface area (Å²) in [5.74, 6) is 0. The lowest BCUT2D eigenvalue weighted by Gasteiger charge is -2.37. The standard InChI is InChI=1S/C8H23NOSi2/c1-6-10-12(5,8-7-9)11(2,3)4/h6-9H2,1-5H3. The van der Waals surface area contributed by atoms with Gasteiger partial charge < -0.3 is 10.2 Å². The van der Waals surface area contributed by atoms with E-state index in [1.165, 1.54) is 0 Å². The first-order chi connectivity index (χ1) is 5.37. The fourth-order valence-electron chi connectivity index (χ4n) is 1.26. The Labute approximate surface area is 78.4 Å². The zero-order chi connectivity index (χ0) is 9.83. The Kier molecular flexibility index (Phi) is 4.69. The highest BCUT2D eigenvalue weighted by molar-refractivity contribution is 7.38. The van der Waals surface area contributed by atoms with Crippen LogP contribution in [0.4, 0.5) is 0 Å². The minimum absolute atomic E-state index is 0.785. The van der Waals surface area contributed by atoms with Gasteiger partial charge in [-0.25, -0.2) is 0 Å². The highest BCUT2D eigenvalue weighted by atomic mass is 29.3. The highest BCUT2D eigenvalue weighted by Gasteiger charge is 2.42. The molecule has 0 rings (SSSR count). The molecule has 2 nitrogen and oxygen atoms in total. The molecule has 0 aliphatic rings. The first-order valence-corrected chi connectivity index (χ1v) is 11.8. The van der Waals surface area contributed by atoms with E-state index in [1.807, 2.05) is 0 Å². The molecule has 0 fully saturated rings. The summed E-state index contributed by atoms with van der Waals surface area (Å²) in [6, 6.07) is 1.12. The fraction of sp³-hybridized carbons (Fsp3) is 1.00. The molecule has 0 radical (unpaired) electrons. The first-order valence-electron chi connectivity index (χ1n) is 4.71. The molecule has 0 saturated heterocycles. The van der Waals surface area contributed by atoms with E-state index in [2.05, 4.69) is 33.1 Å². The third-order valence-electron chi connectivity index (χ3n) is 2.67. The van der Waals surface area contributed by atoms with Crippen molar-refractivity contribution in [2.45, 2.75) is 39.2 Å². The topological polar surface area (TPSA) is 35.2 Å². The average Bonchev–Trinajstić information content (AvgIpc) is 1.86. The van der Waals surface area contributed by atoms with Gasteiger partial charge in [-0.2, -0.15) is 0 Å². The van der Waals surface area contributed by atoms with Crippen molar-refractivity contribution in [3.05, 3.63) is 0 Å². The van der Waals surface area contributed by atoms with Crippen LogP contribution >= 0.6 is 0 Å². The van der Waals surface area contributed by atoms with Gasteiger partial charge in [-0.3, -0.25) is 0 Å². The van der Waals surface area contributed by atoms with Gasteiger partial charge in [0, 0.05) is 6.61 Å². The van der Waals surface area contributed by atoms with Gasteiger partial charge in [0.2, 0.25) is 0 Å². The van der Waals surface area contributed by atoms with Gasteiger partial charge in [0.15, 0.2) is 7.83 Å². The largest absolute Gasteiger partial charge is 0.420 e. The van der Waals surface area contributed by atoms with E-state index < -0.39 is 15.4 Å². The van der Waals surface area contributed by atoms with Crippen LogP contribution < -0.4 is 5.73 Å². The van der Waals surface area contributed by atoms with Gasteiger partial charge in [-0.1, -0.05) is 19.6 Å². The van der Waals surface area contributed by atoms with Crippen molar-refractivity contribution < 1.29 is 4.43 Å². The second-order valence-electron chi connectivity index (χ2n) is 4.45. The maximum atomic E-state index is 5.95. The van der Waals surface area contributed by atoms with Crippen LogP contribution in [0.1, 0.15) is 6.92 Å². The Morgan fingerprint density at radius 3 is 1.92 bits per heavy atom. The maximum Gasteiger partial charge on any atom is 0.177 e. The van der Waals surface area contributed by atoms with Gasteiger partial charge in [-0.15, -0.1) is 0 Å². The number of hydrogen-bond acceptors (Lipinski definition) is 2. The molecule has 12 heavy (non-hydrogen) atoms. The molecule has 0 aromatic carbocycles. The van der Waals surface area contributed by atoms with Crippen LogP contribution in [0.3, 0.4) is 0 Å². The van der Waals surface area contributed by atoms with Crippen LogP contribution in [-0.2, 0) is 4.43 Å². The summed E-state index contributed by atoms with van der Waals surface area (Å²) < 4.78 is 5.95. The summed E-state index contributed by atoms with van der Waals surface area (Å²) >= 11 is 0. The smallest absolute Gasteiger partial charge is 0.177 e. The highest BCUT2D eigenvalue weighted by Crippen LogP contribution is 2.23. The van der Waals surface area contributed by atoms with Crippen molar-refractivity contribution in [1.29, 1.82) is 0 Å². The predicted molar refractivity (Wildman–Crippen MR) is 60.5 cm³/mol. The second kappa shape index (κ2) is 4.55. The zero-order valence-electron chi connectivity index (χ0n) is 9.11. The first kappa shape index (κ1) is 12.4. The Morgan fingerprint density at radius 1 is 1.17 bits per heavy atom. The van der Waals surface area contributed by atoms with Crippen molar-refractivity contribution in [2.24, 2.45) is 5.73 Å². The molecule has 0 aliphatic carbocycles. The summed E-state index contributed by atoms with van der Waals surface area (Å²) in [5.41, 5.74) is 5.62. The number of nitrogens with two attached hydrogens (primary N) is 1. The van der Waals surface area contributed by atoms with Crippen LogP contribution in [0.15, 0.2) is 0 Å². The van der Waals surface area contributed by atoms with Gasteiger partial charge in [0.25, 0.3) is 0 Å². The van der Waals surface area contributed by atoms with Crippen LogP contribution in [0.5, 0.6) is 0 Å². The molecule has 0 heterocycles. The predicted octanol–water partition coefficient (Wildman–Crippen LogP) is 1.97. The normalized spacial score (nSPS) is 17.5. The SMILES string of the molecule is CCO[Si](C)(CCN)[Si](C)(C)C. The fourth-order valence-corrected chi connectivity index (χ4v) is 8.19. The monoisotopic (exact) mass is 205 g/mol. The lowest BCUT2D eigenvalue weighted by atomic mass is 10.8. The third kappa shape index (κ3) is 3.01. The van der Waals surface area contributed by atoms with Gasteiger partial charge in [0.1, 0.15) is 0 Å². The Balaban J connectivity index is 4.38. The average molecular weight is 205 g/mol. The summed E-state index contributed by atoms with van der Waals surface area (Å²) in [7, 11) is -2.55. The molecule has 0 bridgehead atoms. The van der Waals surface area contributed by atoms with E-state index in [0.717, 1.165) is 19.2 Å². The molecular weight excluding hydrogens is 182 g/mol. The molecule has 74 valence electrons. The Bertz CT molecular complexity index is 128. The van der Waals surface area contributed by atoms with Gasteiger partial charge in [0.05, 0.1) is 7.59 Å². The molecule has 0 spiro atoms. The quantitative estimate of drug-likeness (QED) is 0.697. The second-order valence-corrected chi connectivity index (χ2v) is 19.9. The van der Waals surface area contributed by atoms with E-state index in [-0.39, 0.29) is 0 Å². The number of hydrogen-bond donors (Lipinski definition) is 1. The van der Waals surface area contributed by atoms with Crippen LogP contribution in [-0.4, -0.2) is 28.6 Å². The van der Waals surface area contributed by atoms with E-state index >= 15 is 0 Å². The van der Waals surface area contributed by atoms with E-state index in [1.54, 1.807) is 0 Å². The summed E-state index contributed by atoms with van der Waals surface area (Å²) in [4.78, 5) is 0. The zero-order valence-corrected chi connectivity index (χ0v) is 11.1. The van der Waals surface area contributed by atoms with Crippen molar-refractivity contribution in [1.82, 2.24) is 0 Å². The lowest BCUT2D eigenvalue weighted by molar-refractivity contribution is 0.337. The van der Waals surface area contributed by atoms with Crippen molar-refractivity contribution >= 4 is 15.4 Å². The minimum atomic E-state index is -1.44. The Morgan fingerprint density at radius 2 is 1.67 bits per heavy atom. The summed E-state index contributed by atoms with van der Waals surface area (Å²) in [6.45, 7) is 13.2. The number of rotatable bonds is 5. The van der Waals surface area contributed by atoms with E-state index in [4.69, 9.17) is 10.2 Å². The minimum Gasteiger partial charge on any atom is -0.420 e.